The second kappa shape index (κ2) is 11.8. The molecule has 1 aromatic carbocycles. The summed E-state index contributed by atoms with van der Waals surface area (Å²) < 4.78 is 11.1. The van der Waals surface area contributed by atoms with Gasteiger partial charge in [0, 0.05) is 24.7 Å². The Bertz CT molecular complexity index is 656. The summed E-state index contributed by atoms with van der Waals surface area (Å²) in [5.74, 6) is 2.44. The van der Waals surface area contributed by atoms with Gasteiger partial charge in [0.25, 0.3) is 0 Å². The van der Waals surface area contributed by atoms with Crippen LogP contribution in [0.2, 0.25) is 0 Å². The monoisotopic (exact) mass is 516 g/mol. The fourth-order valence-corrected chi connectivity index (χ4v) is 4.51. The lowest BCUT2D eigenvalue weighted by Gasteiger charge is -2.47. The Balaban J connectivity index is 0.00000300. The molecule has 164 valence electrons. The maximum atomic E-state index is 5.69. The summed E-state index contributed by atoms with van der Waals surface area (Å²) in [5.41, 5.74) is 1.11. The van der Waals surface area contributed by atoms with Crippen LogP contribution in [0.5, 0.6) is 11.5 Å². The van der Waals surface area contributed by atoms with Crippen molar-refractivity contribution in [2.75, 3.05) is 27.3 Å². The van der Waals surface area contributed by atoms with E-state index in [1.165, 1.54) is 32.1 Å². The minimum atomic E-state index is 0. The van der Waals surface area contributed by atoms with Crippen LogP contribution >= 0.6 is 24.0 Å². The molecule has 0 aliphatic carbocycles. The lowest BCUT2D eigenvalue weighted by molar-refractivity contribution is 0.0526. The van der Waals surface area contributed by atoms with Crippen LogP contribution in [0, 0.1) is 0 Å². The van der Waals surface area contributed by atoms with Crippen molar-refractivity contribution >= 4 is 29.9 Å². The molecule has 2 saturated heterocycles. The predicted molar refractivity (Wildman–Crippen MR) is 130 cm³/mol. The first kappa shape index (κ1) is 24.1. The molecule has 2 bridgehead atoms. The van der Waals surface area contributed by atoms with Gasteiger partial charge in [-0.3, -0.25) is 0 Å². The van der Waals surface area contributed by atoms with Crippen molar-refractivity contribution in [3.05, 3.63) is 23.8 Å². The maximum Gasteiger partial charge on any atom is 0.191 e. The molecule has 6 nitrogen and oxygen atoms in total. The maximum absolute atomic E-state index is 5.69. The quantitative estimate of drug-likeness (QED) is 0.328. The molecule has 0 radical (unpaired) electrons. The Labute approximate surface area is 192 Å². The second-order valence-corrected chi connectivity index (χ2v) is 7.83. The predicted octanol–water partition coefficient (Wildman–Crippen LogP) is 3.78. The highest BCUT2D eigenvalue weighted by Crippen LogP contribution is 2.32. The summed E-state index contributed by atoms with van der Waals surface area (Å²) in [7, 11) is 3.96. The zero-order chi connectivity index (χ0) is 19.9. The van der Waals surface area contributed by atoms with Gasteiger partial charge in [0.1, 0.15) is 0 Å². The van der Waals surface area contributed by atoms with Crippen molar-refractivity contribution in [3.8, 4) is 11.5 Å². The highest BCUT2D eigenvalue weighted by atomic mass is 127. The number of guanidine groups is 1. The summed E-state index contributed by atoms with van der Waals surface area (Å²) in [6.45, 7) is 6.18. The third-order valence-corrected chi connectivity index (χ3v) is 5.97. The van der Waals surface area contributed by atoms with Crippen LogP contribution in [-0.2, 0) is 6.54 Å². The number of hydrogen-bond donors (Lipinski definition) is 2. The topological polar surface area (TPSA) is 58.1 Å². The van der Waals surface area contributed by atoms with Crippen molar-refractivity contribution in [2.24, 2.45) is 4.99 Å². The number of aliphatic imine (C=N–C) groups is 1. The first-order valence-electron chi connectivity index (χ1n) is 10.7. The van der Waals surface area contributed by atoms with Crippen LogP contribution in [-0.4, -0.2) is 56.3 Å². The lowest BCUT2D eigenvalue weighted by Crippen LogP contribution is -2.56. The summed E-state index contributed by atoms with van der Waals surface area (Å²) >= 11 is 0. The van der Waals surface area contributed by atoms with Gasteiger partial charge in [-0.1, -0.05) is 12.5 Å². The number of hydrogen-bond acceptors (Lipinski definition) is 4. The van der Waals surface area contributed by atoms with Crippen LogP contribution in [0.1, 0.15) is 51.5 Å². The summed E-state index contributed by atoms with van der Waals surface area (Å²) in [4.78, 5) is 7.43. The molecular weight excluding hydrogens is 479 g/mol. The first-order chi connectivity index (χ1) is 13.6. The van der Waals surface area contributed by atoms with Gasteiger partial charge in [0.2, 0.25) is 0 Å². The third kappa shape index (κ3) is 6.38. The number of nitrogens with one attached hydrogen (secondary N) is 2. The molecule has 3 rings (SSSR count). The molecule has 0 spiro atoms. The number of fused-ring (bicyclic) bond motifs is 2. The van der Waals surface area contributed by atoms with E-state index >= 15 is 0 Å². The smallest absolute Gasteiger partial charge is 0.191 e. The van der Waals surface area contributed by atoms with Crippen molar-refractivity contribution in [1.82, 2.24) is 15.5 Å². The molecule has 2 aliphatic rings. The minimum absolute atomic E-state index is 0. The van der Waals surface area contributed by atoms with Crippen LogP contribution in [0.4, 0.5) is 0 Å². The molecule has 0 aromatic heterocycles. The normalized spacial score (nSPS) is 24.4. The highest BCUT2D eigenvalue weighted by Gasteiger charge is 2.36. The Morgan fingerprint density at radius 2 is 1.90 bits per heavy atom. The molecule has 1 aromatic rings. The Hall–Kier alpha value is -1.22. The Kier molecular flexibility index (Phi) is 9.82. The molecule has 0 amide bonds. The SMILES string of the molecule is CCNC(=NCc1ccc(OC)c(OCC)c1)NC1CC2CCCC(C1)N2C.I. The molecule has 0 saturated carbocycles. The fourth-order valence-electron chi connectivity index (χ4n) is 4.51. The van der Waals surface area contributed by atoms with E-state index in [-0.39, 0.29) is 24.0 Å². The highest BCUT2D eigenvalue weighted by molar-refractivity contribution is 14.0. The number of ether oxygens (including phenoxy) is 2. The second-order valence-electron chi connectivity index (χ2n) is 7.83. The van der Waals surface area contributed by atoms with E-state index in [9.17, 15) is 0 Å². The molecule has 2 heterocycles. The van der Waals surface area contributed by atoms with Gasteiger partial charge in [-0.15, -0.1) is 24.0 Å². The Morgan fingerprint density at radius 1 is 1.17 bits per heavy atom. The van der Waals surface area contributed by atoms with Gasteiger partial charge in [0.15, 0.2) is 17.5 Å². The summed E-state index contributed by atoms with van der Waals surface area (Å²) in [5, 5.41) is 7.10. The van der Waals surface area contributed by atoms with Gasteiger partial charge in [0.05, 0.1) is 20.3 Å². The molecular formula is C22H37IN4O2. The molecule has 29 heavy (non-hydrogen) atoms. The van der Waals surface area contributed by atoms with E-state index < -0.39 is 0 Å². The number of benzene rings is 1. The molecule has 2 atom stereocenters. The van der Waals surface area contributed by atoms with Gasteiger partial charge in [-0.25, -0.2) is 4.99 Å². The third-order valence-electron chi connectivity index (χ3n) is 5.97. The van der Waals surface area contributed by atoms with Crippen molar-refractivity contribution in [3.63, 3.8) is 0 Å². The standard InChI is InChI=1S/C22H36N4O2.HI/c1-5-23-22(25-17-13-18-8-7-9-19(14-17)26(18)3)24-15-16-10-11-20(27-4)21(12-16)28-6-2;/h10-12,17-19H,5-9,13-15H2,1-4H3,(H2,23,24,25);1H. The van der Waals surface area contributed by atoms with E-state index in [1.807, 2.05) is 25.1 Å². The average molecular weight is 516 g/mol. The van der Waals surface area contributed by atoms with Crippen molar-refractivity contribution < 1.29 is 9.47 Å². The number of halogens is 1. The van der Waals surface area contributed by atoms with E-state index in [4.69, 9.17) is 14.5 Å². The van der Waals surface area contributed by atoms with E-state index in [0.29, 0.717) is 31.3 Å². The molecule has 7 heteroatoms. The number of piperidine rings is 2. The zero-order valence-corrected chi connectivity index (χ0v) is 20.6. The minimum Gasteiger partial charge on any atom is -0.493 e. The number of nitrogens with zero attached hydrogens (tertiary/aromatic N) is 2. The Morgan fingerprint density at radius 3 is 2.52 bits per heavy atom. The van der Waals surface area contributed by atoms with E-state index in [1.54, 1.807) is 7.11 Å². The zero-order valence-electron chi connectivity index (χ0n) is 18.2. The van der Waals surface area contributed by atoms with Crippen molar-refractivity contribution in [2.45, 2.75) is 70.6 Å². The fraction of sp³-hybridized carbons (Fsp3) is 0.682. The van der Waals surface area contributed by atoms with E-state index in [2.05, 4.69) is 29.5 Å². The molecule has 2 fully saturated rings. The summed E-state index contributed by atoms with van der Waals surface area (Å²) in [6, 6.07) is 7.95. The van der Waals surface area contributed by atoms with E-state index in [0.717, 1.165) is 29.6 Å². The molecule has 2 unspecified atom stereocenters. The van der Waals surface area contributed by atoms with Crippen LogP contribution < -0.4 is 20.1 Å². The van der Waals surface area contributed by atoms with Gasteiger partial charge in [-0.2, -0.15) is 0 Å². The van der Waals surface area contributed by atoms with Crippen molar-refractivity contribution in [1.29, 1.82) is 0 Å². The van der Waals surface area contributed by atoms with Crippen LogP contribution in [0.15, 0.2) is 23.2 Å². The molecule has 2 aliphatic heterocycles. The van der Waals surface area contributed by atoms with Gasteiger partial charge >= 0.3 is 0 Å². The van der Waals surface area contributed by atoms with Gasteiger partial charge in [-0.05, 0) is 64.3 Å². The lowest BCUT2D eigenvalue weighted by atomic mass is 9.82. The summed E-state index contributed by atoms with van der Waals surface area (Å²) in [6.07, 6.45) is 6.43. The van der Waals surface area contributed by atoms with Crippen LogP contribution in [0.3, 0.4) is 0 Å². The van der Waals surface area contributed by atoms with Gasteiger partial charge < -0.3 is 25.0 Å². The largest absolute Gasteiger partial charge is 0.493 e. The first-order valence-corrected chi connectivity index (χ1v) is 10.7. The average Bonchev–Trinajstić information content (AvgIpc) is 2.67. The number of rotatable bonds is 7. The number of methoxy groups -OCH3 is 1. The molecule has 2 N–H and O–H groups in total. The van der Waals surface area contributed by atoms with Crippen LogP contribution in [0.25, 0.3) is 0 Å².